The van der Waals surface area contributed by atoms with Crippen LogP contribution in [0.2, 0.25) is 0 Å². The van der Waals surface area contributed by atoms with Crippen LogP contribution in [0.25, 0.3) is 33.2 Å². The number of methoxy groups -OCH3 is 1. The van der Waals surface area contributed by atoms with Crippen LogP contribution < -0.4 is 5.32 Å². The molecule has 0 fully saturated rings. The number of aliphatic carboxylic acids is 1. The Labute approximate surface area is 296 Å². The Morgan fingerprint density at radius 3 is 2.25 bits per heavy atom. The van der Waals surface area contributed by atoms with Crippen molar-refractivity contribution < 1.29 is 39.2 Å². The number of hydrogen-bond donors (Lipinski definition) is 6. The number of rotatable bonds is 13. The first-order valence-electron chi connectivity index (χ1n) is 17.3. The minimum Gasteiger partial charge on any atom is -0.481 e. The summed E-state index contributed by atoms with van der Waals surface area (Å²) < 4.78 is 10.5. The molecule has 6 N–H and O–H groups in total. The van der Waals surface area contributed by atoms with Crippen LogP contribution in [0.4, 0.5) is 0 Å². The van der Waals surface area contributed by atoms with Gasteiger partial charge in [-0.1, -0.05) is 13.8 Å². The molecule has 51 heavy (non-hydrogen) atoms. The minimum absolute atomic E-state index is 0.135. The fourth-order valence-corrected chi connectivity index (χ4v) is 7.07. The molecule has 5 heterocycles. The summed E-state index contributed by atoms with van der Waals surface area (Å²) in [6.45, 7) is 9.96. The molecule has 0 radical (unpaired) electrons. The molecule has 2 aliphatic rings. The van der Waals surface area contributed by atoms with Gasteiger partial charge in [0.2, 0.25) is 0 Å². The number of aliphatic hydroxyl groups is 2. The summed E-state index contributed by atoms with van der Waals surface area (Å²) in [5.74, 6) is -2.64. The van der Waals surface area contributed by atoms with Gasteiger partial charge >= 0.3 is 11.9 Å². The van der Waals surface area contributed by atoms with E-state index in [0.29, 0.717) is 34.6 Å². The van der Waals surface area contributed by atoms with Gasteiger partial charge in [-0.3, -0.25) is 19.4 Å². The van der Waals surface area contributed by atoms with Gasteiger partial charge < -0.3 is 40.1 Å². The molecule has 1 amide bonds. The number of aromatic nitrogens is 4. The van der Waals surface area contributed by atoms with Crippen molar-refractivity contribution in [3.63, 3.8) is 0 Å². The molecule has 5 rings (SSSR count). The number of ether oxygens (including phenoxy) is 2. The van der Waals surface area contributed by atoms with Crippen LogP contribution in [0.5, 0.6) is 0 Å². The molecule has 3 aromatic heterocycles. The van der Waals surface area contributed by atoms with Crippen LogP contribution in [0.3, 0.4) is 0 Å². The molecule has 0 aliphatic carbocycles. The summed E-state index contributed by atoms with van der Waals surface area (Å²) in [5, 5.41) is 32.1. The maximum atomic E-state index is 14.0. The quantitative estimate of drug-likeness (QED) is 0.109. The molecule has 2 aliphatic heterocycles. The number of carbonyl (C=O) groups is 3. The molecule has 13 nitrogen and oxygen atoms in total. The predicted molar refractivity (Wildman–Crippen MR) is 193 cm³/mol. The Hall–Kier alpha value is -4.85. The number of carbonyl (C=O) groups excluding carboxylic acids is 2. The Balaban J connectivity index is 1.93. The predicted octanol–water partition coefficient (Wildman–Crippen LogP) is 4.51. The number of nitrogens with one attached hydrogen (secondary N) is 3. The molecule has 3 aromatic rings. The number of amides is 1. The van der Waals surface area contributed by atoms with Gasteiger partial charge in [-0.2, -0.15) is 0 Å². The smallest absolute Gasteiger partial charge is 0.310 e. The van der Waals surface area contributed by atoms with E-state index in [1.54, 1.807) is 6.92 Å². The average molecular weight is 702 g/mol. The molecule has 0 aromatic carbocycles. The van der Waals surface area contributed by atoms with Crippen molar-refractivity contribution >= 4 is 51.1 Å². The second kappa shape index (κ2) is 16.0. The highest BCUT2D eigenvalue weighted by molar-refractivity contribution is 6.27. The van der Waals surface area contributed by atoms with E-state index in [2.05, 4.69) is 22.2 Å². The fourth-order valence-electron chi connectivity index (χ4n) is 7.07. The zero-order chi connectivity index (χ0) is 37.0. The highest BCUT2D eigenvalue weighted by Crippen LogP contribution is 2.43. The van der Waals surface area contributed by atoms with Gasteiger partial charge in [0.05, 0.1) is 62.6 Å². The van der Waals surface area contributed by atoms with E-state index in [-0.39, 0.29) is 69.4 Å². The highest BCUT2D eigenvalue weighted by Gasteiger charge is 2.35. The number of fused-ring (bicyclic) bond motifs is 8. The van der Waals surface area contributed by atoms with Crippen LogP contribution in [0.15, 0.2) is 18.2 Å². The third-order valence-corrected chi connectivity index (χ3v) is 9.98. The van der Waals surface area contributed by atoms with Gasteiger partial charge in [-0.15, -0.1) is 0 Å². The molecule has 0 saturated carbocycles. The van der Waals surface area contributed by atoms with Crippen molar-refractivity contribution in [3.05, 3.63) is 68.8 Å². The topological polar surface area (TPSA) is 200 Å². The van der Waals surface area contributed by atoms with Gasteiger partial charge in [0.25, 0.3) is 5.91 Å². The number of hydrogen-bond acceptors (Lipinski definition) is 9. The van der Waals surface area contributed by atoms with E-state index in [4.69, 9.17) is 24.5 Å². The lowest BCUT2D eigenvalue weighted by atomic mass is 9.84. The largest absolute Gasteiger partial charge is 0.481 e. The summed E-state index contributed by atoms with van der Waals surface area (Å²) in [4.78, 5) is 56.1. The molecule has 13 heteroatoms. The summed E-state index contributed by atoms with van der Waals surface area (Å²) in [6.07, 6.45) is 0.553. The van der Waals surface area contributed by atoms with Crippen molar-refractivity contribution in [1.82, 2.24) is 25.3 Å². The van der Waals surface area contributed by atoms with Crippen molar-refractivity contribution in [2.45, 2.75) is 78.7 Å². The van der Waals surface area contributed by atoms with Crippen LogP contribution >= 0.6 is 0 Å². The molecule has 2 unspecified atom stereocenters. The van der Waals surface area contributed by atoms with E-state index in [0.717, 1.165) is 44.3 Å². The van der Waals surface area contributed by atoms with E-state index in [9.17, 15) is 24.6 Å². The third-order valence-electron chi connectivity index (χ3n) is 9.98. The van der Waals surface area contributed by atoms with Gasteiger partial charge in [-0.05, 0) is 74.1 Å². The maximum Gasteiger partial charge on any atom is 0.310 e. The average Bonchev–Trinajstić information content (AvgIpc) is 3.78. The summed E-state index contributed by atoms with van der Waals surface area (Å²) in [7, 11) is 1.28. The van der Waals surface area contributed by atoms with E-state index in [1.165, 1.54) is 7.11 Å². The monoisotopic (exact) mass is 701 g/mol. The SMILES string of the molecule is CCc1c(C)c2cc3[nH]c(cc4nc(c(CC(=O)OC)c5nc(cc1[nH]2)C(C)=C5C(=O)NCCOCCO)C(CCC(=O)O)C4C)c(C)c3CO. The van der Waals surface area contributed by atoms with Crippen LogP contribution in [0.1, 0.15) is 96.0 Å². The molecule has 8 bridgehead atoms. The molecule has 272 valence electrons. The molecular formula is C38H47N5O8. The number of aromatic amines is 2. The summed E-state index contributed by atoms with van der Waals surface area (Å²) in [6, 6.07) is 5.79. The zero-order valence-corrected chi connectivity index (χ0v) is 30.0. The standard InChI is InChI=1S/C38H47N5O8/c1-7-23-19(2)28-16-32-26(18-45)21(4)27(41-32)15-29-20(3)24(8-9-33(46)47)36(42-29)25(14-34(48)50-6)37-35(38(49)39-10-12-51-13-11-44)22(5)30(43-37)17-31(23)40-28/h15-17,20,24,40-41,44-45H,7-14,18H2,1-6H3,(H,39,49)(H,46,47). The zero-order valence-electron chi connectivity index (χ0n) is 30.0. The summed E-state index contributed by atoms with van der Waals surface area (Å²) >= 11 is 0. The lowest BCUT2D eigenvalue weighted by Gasteiger charge is -2.18. The van der Waals surface area contributed by atoms with Crippen molar-refractivity contribution in [2.24, 2.45) is 0 Å². The maximum absolute atomic E-state index is 14.0. The van der Waals surface area contributed by atoms with E-state index in [1.807, 2.05) is 39.0 Å². The fraction of sp³-hybridized carbons (Fsp3) is 0.447. The Morgan fingerprint density at radius 2 is 1.61 bits per heavy atom. The molecule has 0 spiro atoms. The van der Waals surface area contributed by atoms with Gasteiger partial charge in [0.15, 0.2) is 0 Å². The lowest BCUT2D eigenvalue weighted by molar-refractivity contribution is -0.140. The molecule has 2 atom stereocenters. The summed E-state index contributed by atoms with van der Waals surface area (Å²) in [5.41, 5.74) is 9.99. The van der Waals surface area contributed by atoms with Crippen LogP contribution in [-0.4, -0.2) is 86.6 Å². The number of H-pyrrole nitrogens is 2. The minimum atomic E-state index is -0.963. The van der Waals surface area contributed by atoms with Crippen molar-refractivity contribution in [3.8, 4) is 0 Å². The van der Waals surface area contributed by atoms with Crippen LogP contribution in [0, 0.1) is 13.8 Å². The third kappa shape index (κ3) is 7.60. The number of esters is 1. The Morgan fingerprint density at radius 1 is 0.922 bits per heavy atom. The van der Waals surface area contributed by atoms with E-state index >= 15 is 0 Å². The van der Waals surface area contributed by atoms with Crippen molar-refractivity contribution in [2.75, 3.05) is 33.5 Å². The van der Waals surface area contributed by atoms with E-state index < -0.39 is 23.8 Å². The molecular weight excluding hydrogens is 654 g/mol. The number of carboxylic acid groups (broad SMARTS) is 1. The second-order valence-electron chi connectivity index (χ2n) is 13.0. The Kier molecular flexibility index (Phi) is 11.7. The number of carboxylic acids is 1. The second-order valence-corrected chi connectivity index (χ2v) is 13.0. The number of nitrogens with zero attached hydrogens (tertiary/aromatic N) is 2. The molecule has 0 saturated heterocycles. The number of aliphatic hydroxyl groups excluding tert-OH is 2. The van der Waals surface area contributed by atoms with Gasteiger partial charge in [0, 0.05) is 63.7 Å². The lowest BCUT2D eigenvalue weighted by Crippen LogP contribution is -2.29. The van der Waals surface area contributed by atoms with Gasteiger partial charge in [-0.25, -0.2) is 4.98 Å². The number of allylic oxidation sites excluding steroid dienone is 1. The van der Waals surface area contributed by atoms with Crippen molar-refractivity contribution in [1.29, 1.82) is 0 Å². The normalized spacial score (nSPS) is 15.7. The van der Waals surface area contributed by atoms with Gasteiger partial charge in [0.1, 0.15) is 0 Å². The Bertz CT molecular complexity index is 2040. The highest BCUT2D eigenvalue weighted by atomic mass is 16.5. The van der Waals surface area contributed by atoms with Crippen LogP contribution in [-0.2, 0) is 43.3 Å². The first kappa shape index (κ1) is 37.4. The first-order valence-corrected chi connectivity index (χ1v) is 17.3. The first-order chi connectivity index (χ1) is 24.4. The number of aryl methyl sites for hydroxylation is 3.